The molecule has 1 N–H and O–H groups in total. The molecule has 0 fully saturated rings. The molecule has 1 unspecified atom stereocenters. The first kappa shape index (κ1) is 14.9. The van der Waals surface area contributed by atoms with E-state index < -0.39 is 15.7 Å². The standard InChI is InChI=1S/C12H13FINO3/c1-18-12(17)10(14)7-15-11(16)6-8-4-2-3-5-9(8)13/h2-5,10H,6-7H2,1H3,(H,15,16). The Balaban J connectivity index is 2.43. The molecular weight excluding hydrogens is 352 g/mol. The second-order valence-electron chi connectivity index (χ2n) is 3.56. The molecule has 1 aromatic carbocycles. The first-order chi connectivity index (χ1) is 8.54. The highest BCUT2D eigenvalue weighted by molar-refractivity contribution is 14.1. The molecule has 98 valence electrons. The van der Waals surface area contributed by atoms with Crippen LogP contribution >= 0.6 is 22.6 Å². The minimum absolute atomic E-state index is 0.0444. The lowest BCUT2D eigenvalue weighted by Gasteiger charge is -2.09. The van der Waals surface area contributed by atoms with Crippen LogP contribution in [0.3, 0.4) is 0 Å². The fraction of sp³-hybridized carbons (Fsp3) is 0.333. The van der Waals surface area contributed by atoms with Gasteiger partial charge in [-0.3, -0.25) is 9.59 Å². The Labute approximate surface area is 118 Å². The number of esters is 1. The third kappa shape index (κ3) is 4.59. The second kappa shape index (κ2) is 7.30. The Morgan fingerprint density at radius 1 is 1.44 bits per heavy atom. The summed E-state index contributed by atoms with van der Waals surface area (Å²) in [5.41, 5.74) is 0.332. The molecule has 1 rings (SSSR count). The number of amides is 1. The van der Waals surface area contributed by atoms with Crippen molar-refractivity contribution in [3.05, 3.63) is 35.6 Å². The SMILES string of the molecule is COC(=O)C(I)CNC(=O)Cc1ccccc1F. The van der Waals surface area contributed by atoms with E-state index in [1.807, 2.05) is 22.6 Å². The lowest BCUT2D eigenvalue weighted by atomic mass is 10.1. The number of methoxy groups -OCH3 is 1. The molecule has 0 aliphatic carbocycles. The van der Waals surface area contributed by atoms with Crippen molar-refractivity contribution >= 4 is 34.5 Å². The zero-order chi connectivity index (χ0) is 13.5. The van der Waals surface area contributed by atoms with Gasteiger partial charge in [-0.1, -0.05) is 40.8 Å². The third-order valence-corrected chi connectivity index (χ3v) is 3.19. The van der Waals surface area contributed by atoms with E-state index in [9.17, 15) is 14.0 Å². The van der Waals surface area contributed by atoms with Crippen LogP contribution < -0.4 is 5.32 Å². The molecule has 0 spiro atoms. The molecule has 0 heterocycles. The maximum Gasteiger partial charge on any atom is 0.320 e. The number of hydrogen-bond donors (Lipinski definition) is 1. The van der Waals surface area contributed by atoms with E-state index in [0.29, 0.717) is 5.56 Å². The maximum atomic E-state index is 13.3. The van der Waals surface area contributed by atoms with Crippen LogP contribution in [-0.4, -0.2) is 29.5 Å². The van der Waals surface area contributed by atoms with Crippen LogP contribution in [0.15, 0.2) is 24.3 Å². The lowest BCUT2D eigenvalue weighted by Crippen LogP contribution is -2.34. The summed E-state index contributed by atoms with van der Waals surface area (Å²) >= 11 is 1.88. The van der Waals surface area contributed by atoms with Gasteiger partial charge in [0.1, 0.15) is 9.74 Å². The summed E-state index contributed by atoms with van der Waals surface area (Å²) in [6.07, 6.45) is -0.0444. The van der Waals surface area contributed by atoms with Crippen molar-refractivity contribution in [3.63, 3.8) is 0 Å². The van der Waals surface area contributed by atoms with Crippen molar-refractivity contribution in [3.8, 4) is 0 Å². The number of hydrogen-bond acceptors (Lipinski definition) is 3. The quantitative estimate of drug-likeness (QED) is 0.489. The van der Waals surface area contributed by atoms with Gasteiger partial charge in [0.15, 0.2) is 0 Å². The summed E-state index contributed by atoms with van der Waals surface area (Å²) in [7, 11) is 1.29. The number of nitrogens with one attached hydrogen (secondary N) is 1. The Morgan fingerprint density at radius 3 is 2.72 bits per heavy atom. The van der Waals surface area contributed by atoms with Gasteiger partial charge >= 0.3 is 5.97 Å². The summed E-state index contributed by atoms with van der Waals surface area (Å²) in [5.74, 6) is -1.14. The predicted octanol–water partition coefficient (Wildman–Crippen LogP) is 1.46. The second-order valence-corrected chi connectivity index (χ2v) is 5.07. The van der Waals surface area contributed by atoms with Gasteiger partial charge in [-0.2, -0.15) is 0 Å². The summed E-state index contributed by atoms with van der Waals surface area (Å²) in [6.45, 7) is 0.167. The van der Waals surface area contributed by atoms with E-state index >= 15 is 0 Å². The highest BCUT2D eigenvalue weighted by Crippen LogP contribution is 2.07. The van der Waals surface area contributed by atoms with Crippen LogP contribution in [-0.2, 0) is 20.7 Å². The van der Waals surface area contributed by atoms with Gasteiger partial charge in [0.25, 0.3) is 0 Å². The molecule has 4 nitrogen and oxygen atoms in total. The van der Waals surface area contributed by atoms with E-state index in [-0.39, 0.29) is 18.9 Å². The number of ether oxygens (including phenoxy) is 1. The van der Waals surface area contributed by atoms with E-state index in [1.165, 1.54) is 13.2 Å². The normalized spacial score (nSPS) is 11.7. The van der Waals surface area contributed by atoms with Gasteiger partial charge in [0.05, 0.1) is 13.5 Å². The van der Waals surface area contributed by atoms with Crippen LogP contribution in [0.2, 0.25) is 0 Å². The fourth-order valence-corrected chi connectivity index (χ4v) is 1.77. The Kier molecular flexibility index (Phi) is 6.03. The highest BCUT2D eigenvalue weighted by atomic mass is 127. The lowest BCUT2D eigenvalue weighted by molar-refractivity contribution is -0.139. The number of carbonyl (C=O) groups excluding carboxylic acids is 2. The molecule has 1 amide bonds. The van der Waals surface area contributed by atoms with Crippen LogP contribution in [0.25, 0.3) is 0 Å². The molecule has 0 saturated heterocycles. The minimum atomic E-state index is -0.447. The zero-order valence-corrected chi connectivity index (χ0v) is 11.9. The molecule has 0 radical (unpaired) electrons. The first-order valence-corrected chi connectivity index (χ1v) is 6.51. The molecule has 18 heavy (non-hydrogen) atoms. The topological polar surface area (TPSA) is 55.4 Å². The summed E-state index contributed by atoms with van der Waals surface area (Å²) in [4.78, 5) is 22.6. The Bertz CT molecular complexity index is 439. The van der Waals surface area contributed by atoms with Gasteiger partial charge in [-0.05, 0) is 11.6 Å². The maximum absolute atomic E-state index is 13.3. The predicted molar refractivity (Wildman–Crippen MR) is 72.9 cm³/mol. The first-order valence-electron chi connectivity index (χ1n) is 5.26. The van der Waals surface area contributed by atoms with E-state index in [1.54, 1.807) is 18.2 Å². The van der Waals surface area contributed by atoms with Crippen molar-refractivity contribution in [2.75, 3.05) is 13.7 Å². The molecule has 0 aliphatic heterocycles. The van der Waals surface area contributed by atoms with E-state index in [0.717, 1.165) is 0 Å². The van der Waals surface area contributed by atoms with Crippen LogP contribution in [0.1, 0.15) is 5.56 Å². The van der Waals surface area contributed by atoms with Crippen molar-refractivity contribution in [2.24, 2.45) is 0 Å². The number of carbonyl (C=O) groups is 2. The van der Waals surface area contributed by atoms with Crippen LogP contribution in [0.5, 0.6) is 0 Å². The molecule has 1 atom stereocenters. The summed E-state index contributed by atoms with van der Waals surface area (Å²) in [5, 5.41) is 2.56. The van der Waals surface area contributed by atoms with E-state index in [4.69, 9.17) is 0 Å². The van der Waals surface area contributed by atoms with Crippen molar-refractivity contribution in [2.45, 2.75) is 10.3 Å². The third-order valence-electron chi connectivity index (χ3n) is 2.24. The van der Waals surface area contributed by atoms with Gasteiger partial charge in [0.2, 0.25) is 5.91 Å². The van der Waals surface area contributed by atoms with Gasteiger partial charge in [-0.15, -0.1) is 0 Å². The molecule has 0 saturated carbocycles. The summed E-state index contributed by atoms with van der Waals surface area (Å²) in [6, 6.07) is 6.09. The molecule has 1 aromatic rings. The highest BCUT2D eigenvalue weighted by Gasteiger charge is 2.16. The smallest absolute Gasteiger partial charge is 0.320 e. The van der Waals surface area contributed by atoms with Crippen molar-refractivity contribution < 1.29 is 18.7 Å². The number of rotatable bonds is 5. The van der Waals surface area contributed by atoms with Crippen molar-refractivity contribution in [1.29, 1.82) is 0 Å². The largest absolute Gasteiger partial charge is 0.468 e. The Morgan fingerprint density at radius 2 is 2.11 bits per heavy atom. The monoisotopic (exact) mass is 365 g/mol. The molecule has 0 bridgehead atoms. The molecular formula is C12H13FINO3. The average molecular weight is 365 g/mol. The van der Waals surface area contributed by atoms with Crippen molar-refractivity contribution in [1.82, 2.24) is 5.32 Å². The van der Waals surface area contributed by atoms with Crippen LogP contribution in [0.4, 0.5) is 4.39 Å². The fourth-order valence-electron chi connectivity index (χ4n) is 1.29. The zero-order valence-electron chi connectivity index (χ0n) is 9.78. The van der Waals surface area contributed by atoms with Gasteiger partial charge in [0, 0.05) is 6.54 Å². The number of alkyl halides is 1. The average Bonchev–Trinajstić information content (AvgIpc) is 2.37. The minimum Gasteiger partial charge on any atom is -0.468 e. The van der Waals surface area contributed by atoms with E-state index in [2.05, 4.69) is 10.1 Å². The molecule has 6 heteroatoms. The molecule has 0 aromatic heterocycles. The molecule has 0 aliphatic rings. The van der Waals surface area contributed by atoms with Gasteiger partial charge < -0.3 is 10.1 Å². The van der Waals surface area contributed by atoms with Crippen LogP contribution in [0, 0.1) is 5.82 Å². The van der Waals surface area contributed by atoms with Gasteiger partial charge in [-0.25, -0.2) is 4.39 Å². The summed E-state index contributed by atoms with van der Waals surface area (Å²) < 4.78 is 17.4. The number of halogens is 2. The Hall–Kier alpha value is -1.18. The number of benzene rings is 1.